The van der Waals surface area contributed by atoms with Crippen molar-refractivity contribution in [1.82, 2.24) is 9.47 Å². The highest BCUT2D eigenvalue weighted by Gasteiger charge is 2.38. The van der Waals surface area contributed by atoms with Crippen LogP contribution in [0.4, 0.5) is 26.3 Å². The van der Waals surface area contributed by atoms with Gasteiger partial charge in [0.1, 0.15) is 23.4 Å². The zero-order chi connectivity index (χ0) is 35.6. The molecule has 1 aliphatic heterocycles. The van der Waals surface area contributed by atoms with Gasteiger partial charge in [-0.15, -0.1) is 0 Å². The molecular weight excluding hydrogens is 652 g/mol. The number of hydrogen-bond donors (Lipinski definition) is 2. The van der Waals surface area contributed by atoms with Crippen molar-refractivity contribution < 1.29 is 41.0 Å². The number of carbonyl (C=O) groups is 2. The quantitative estimate of drug-likeness (QED) is 0.196. The molecule has 0 unspecified atom stereocenters. The van der Waals surface area contributed by atoms with Crippen molar-refractivity contribution in [2.75, 3.05) is 19.6 Å². The second-order valence-electron chi connectivity index (χ2n) is 12.0. The molecule has 0 bridgehead atoms. The molecule has 13 heteroatoms. The maximum absolute atomic E-state index is 14.8. The number of halogens is 6. The molecule has 258 valence electrons. The number of carboxylic acids is 1. The van der Waals surface area contributed by atoms with E-state index in [2.05, 4.69) is 0 Å². The number of fused-ring (bicyclic) bond motifs is 2. The van der Waals surface area contributed by atoms with Crippen molar-refractivity contribution in [3.8, 4) is 11.1 Å². The van der Waals surface area contributed by atoms with Crippen LogP contribution in [0.2, 0.25) is 0 Å². The topological polar surface area (TPSA) is 106 Å². The molecule has 1 aliphatic carbocycles. The number of amides is 1. The van der Waals surface area contributed by atoms with Gasteiger partial charge < -0.3 is 15.4 Å². The minimum Gasteiger partial charge on any atom is -0.481 e. The van der Waals surface area contributed by atoms with Crippen molar-refractivity contribution in [2.45, 2.75) is 44.5 Å². The number of nitrogens with zero attached hydrogens (tertiary/aromatic N) is 2. The van der Waals surface area contributed by atoms with Crippen LogP contribution in [0.5, 0.6) is 0 Å². The van der Waals surface area contributed by atoms with Crippen molar-refractivity contribution >= 4 is 33.6 Å². The summed E-state index contributed by atoms with van der Waals surface area (Å²) in [6.07, 6.45) is -3.63. The van der Waals surface area contributed by atoms with Crippen molar-refractivity contribution in [3.63, 3.8) is 0 Å². The van der Waals surface area contributed by atoms with Crippen LogP contribution in [0.3, 0.4) is 0 Å². The number of carboxylic acid groups (broad SMARTS) is 1. The Morgan fingerprint density at radius 3 is 2.29 bits per heavy atom. The summed E-state index contributed by atoms with van der Waals surface area (Å²) in [5.41, 5.74) is 3.60. The Kier molecular flexibility index (Phi) is 10.3. The van der Waals surface area contributed by atoms with Crippen LogP contribution in [0, 0.1) is 0 Å². The summed E-state index contributed by atoms with van der Waals surface area (Å²) in [5, 5.41) is 10.1. The van der Waals surface area contributed by atoms with Crippen LogP contribution in [-0.4, -0.2) is 52.3 Å². The van der Waals surface area contributed by atoms with Gasteiger partial charge in [0, 0.05) is 44.9 Å². The molecule has 0 spiro atoms. The summed E-state index contributed by atoms with van der Waals surface area (Å²) in [6.45, 7) is 1.19. The molecule has 1 fully saturated rings. The lowest BCUT2D eigenvalue weighted by molar-refractivity contribution is -0.137. The Morgan fingerprint density at radius 1 is 0.980 bits per heavy atom. The first-order valence-electron chi connectivity index (χ1n) is 15.5. The van der Waals surface area contributed by atoms with Crippen LogP contribution >= 0.6 is 0 Å². The number of carbonyl (C=O) groups excluding carboxylic acids is 1. The van der Waals surface area contributed by atoms with Gasteiger partial charge in [-0.1, -0.05) is 42.5 Å². The number of pyridine rings is 1. The highest BCUT2D eigenvalue weighted by atomic mass is 19.4. The molecule has 49 heavy (non-hydrogen) atoms. The molecule has 3 aromatic carbocycles. The maximum atomic E-state index is 14.8. The molecule has 2 heterocycles. The van der Waals surface area contributed by atoms with Gasteiger partial charge in [-0.05, 0) is 64.9 Å². The standard InChI is InChI=1S/C29H26F4N2O3.C7H7F2NO/c1-34-24-10-8-17(12-13-35-15-19(30)16-35)14-23(24)27(29(31,32)33)26(28(34)38)22-7-3-5-20-18(9-11-25(36)37)4-2-6-21(20)22;8-4-2-1-3-5(9)6(4)7(10)11/h2-8,10,14,19H,9,11-13,15-16H2,1H3,(H,36,37);2H,1,3H2,(H2,10,11). The lowest BCUT2D eigenvalue weighted by Gasteiger charge is -2.34. The van der Waals surface area contributed by atoms with Crippen LogP contribution in [-0.2, 0) is 35.7 Å². The normalized spacial score (nSPS) is 15.5. The second-order valence-corrected chi connectivity index (χ2v) is 12.0. The first-order valence-corrected chi connectivity index (χ1v) is 15.5. The third-order valence-electron chi connectivity index (χ3n) is 8.71. The Morgan fingerprint density at radius 2 is 1.67 bits per heavy atom. The minimum atomic E-state index is -4.82. The van der Waals surface area contributed by atoms with Crippen LogP contribution in [0.15, 0.2) is 82.7 Å². The van der Waals surface area contributed by atoms with E-state index in [0.717, 1.165) is 6.08 Å². The Bertz CT molecular complexity index is 2060. The number of primary amides is 1. The number of alkyl halides is 4. The van der Waals surface area contributed by atoms with Gasteiger partial charge in [0.05, 0.1) is 16.6 Å². The number of rotatable bonds is 8. The van der Waals surface area contributed by atoms with E-state index >= 15 is 0 Å². The predicted octanol–water partition coefficient (Wildman–Crippen LogP) is 6.93. The van der Waals surface area contributed by atoms with Crippen LogP contribution in [0.25, 0.3) is 32.8 Å². The van der Waals surface area contributed by atoms with Gasteiger partial charge in [0.25, 0.3) is 11.5 Å². The predicted molar refractivity (Wildman–Crippen MR) is 174 cm³/mol. The number of allylic oxidation sites excluding steroid dienone is 2. The molecule has 6 rings (SSSR count). The van der Waals surface area contributed by atoms with E-state index in [-0.39, 0.29) is 42.1 Å². The van der Waals surface area contributed by atoms with E-state index < -0.39 is 58.1 Å². The summed E-state index contributed by atoms with van der Waals surface area (Å²) < 4.78 is 83.9. The van der Waals surface area contributed by atoms with Crippen LogP contribution in [0.1, 0.15) is 36.0 Å². The van der Waals surface area contributed by atoms with Crippen molar-refractivity contribution in [3.05, 3.63) is 105 Å². The van der Waals surface area contributed by atoms with E-state index in [4.69, 9.17) is 10.8 Å². The second kappa shape index (κ2) is 14.3. The van der Waals surface area contributed by atoms with Crippen molar-refractivity contribution in [2.24, 2.45) is 12.8 Å². The van der Waals surface area contributed by atoms with Gasteiger partial charge in [-0.25, -0.2) is 13.2 Å². The fourth-order valence-corrected chi connectivity index (χ4v) is 6.26. The molecule has 1 aromatic heterocycles. The SMILES string of the molecule is Cn1c(=O)c(-c2cccc3c(CCC(=O)O)cccc23)c(C(F)(F)F)c2cc(CCN3CC(F)C3)ccc21.NC(=O)C1=C(F)CCC=C1F. The largest absolute Gasteiger partial charge is 0.481 e. The minimum absolute atomic E-state index is 0.0612. The molecule has 7 nitrogen and oxygen atoms in total. The van der Waals surface area contributed by atoms with Gasteiger partial charge in [0.2, 0.25) is 0 Å². The third kappa shape index (κ3) is 7.56. The summed E-state index contributed by atoms with van der Waals surface area (Å²) in [5.74, 6) is -3.62. The Balaban J connectivity index is 0.000000363. The monoisotopic (exact) mass is 685 g/mol. The average Bonchev–Trinajstić information content (AvgIpc) is 3.02. The zero-order valence-corrected chi connectivity index (χ0v) is 26.4. The highest BCUT2D eigenvalue weighted by molar-refractivity contribution is 6.02. The van der Waals surface area contributed by atoms with E-state index in [1.54, 1.807) is 36.4 Å². The average molecular weight is 686 g/mol. The van der Waals surface area contributed by atoms with E-state index in [1.165, 1.54) is 29.8 Å². The molecule has 0 saturated carbocycles. The Hall–Kier alpha value is -4.91. The van der Waals surface area contributed by atoms with Gasteiger partial charge in [0.15, 0.2) is 0 Å². The Labute approximate surface area is 276 Å². The molecule has 0 radical (unpaired) electrons. The number of aryl methyl sites for hydroxylation is 2. The molecule has 1 amide bonds. The highest BCUT2D eigenvalue weighted by Crippen LogP contribution is 2.42. The third-order valence-corrected chi connectivity index (χ3v) is 8.71. The van der Waals surface area contributed by atoms with Gasteiger partial charge in [-0.3, -0.25) is 19.3 Å². The summed E-state index contributed by atoms with van der Waals surface area (Å²) >= 11 is 0. The zero-order valence-electron chi connectivity index (χ0n) is 26.4. The van der Waals surface area contributed by atoms with Crippen molar-refractivity contribution in [1.29, 1.82) is 0 Å². The fourth-order valence-electron chi connectivity index (χ4n) is 6.26. The molecule has 4 aromatic rings. The smallest absolute Gasteiger partial charge is 0.417 e. The first kappa shape index (κ1) is 35.4. The number of likely N-dealkylation sites (tertiary alicyclic amines) is 1. The maximum Gasteiger partial charge on any atom is 0.417 e. The van der Waals surface area contributed by atoms with E-state index in [0.29, 0.717) is 48.0 Å². The number of aromatic nitrogens is 1. The molecule has 0 atom stereocenters. The summed E-state index contributed by atoms with van der Waals surface area (Å²) in [7, 11) is 1.46. The molecule has 2 aliphatic rings. The lowest BCUT2D eigenvalue weighted by atomic mass is 9.90. The van der Waals surface area contributed by atoms with Gasteiger partial charge in [-0.2, -0.15) is 13.2 Å². The summed E-state index contributed by atoms with van der Waals surface area (Å²) in [4.78, 5) is 37.0. The fraction of sp³-hybridized carbons (Fsp3) is 0.306. The number of nitrogens with two attached hydrogens (primary N) is 1. The van der Waals surface area contributed by atoms with Crippen LogP contribution < -0.4 is 11.3 Å². The molecule has 1 saturated heterocycles. The number of aliphatic carboxylic acids is 1. The molecule has 3 N–H and O–H groups in total. The first-order chi connectivity index (χ1) is 23.2. The lowest BCUT2D eigenvalue weighted by Crippen LogP contribution is -2.48. The van der Waals surface area contributed by atoms with Gasteiger partial charge >= 0.3 is 12.1 Å². The molecular formula is C36H33F6N3O4. The van der Waals surface area contributed by atoms with E-state index in [9.17, 15) is 40.7 Å². The number of hydrogen-bond acceptors (Lipinski definition) is 4. The number of benzene rings is 3. The van der Waals surface area contributed by atoms with E-state index in [1.807, 2.05) is 4.90 Å². The summed E-state index contributed by atoms with van der Waals surface area (Å²) in [6, 6.07) is 14.6.